The molecule has 13 heavy (non-hydrogen) atoms. The molecule has 0 bridgehead atoms. The Bertz CT molecular complexity index is 256. The van der Waals surface area contributed by atoms with Crippen LogP contribution in [-0.2, 0) is 4.74 Å². The first-order valence-corrected chi connectivity index (χ1v) is 4.03. The van der Waals surface area contributed by atoms with Crippen LogP contribution < -0.4 is 0 Å². The second kappa shape index (κ2) is 4.61. The maximum absolute atomic E-state index is 11.1. The largest absolute Gasteiger partial charge is 0.449 e. The van der Waals surface area contributed by atoms with E-state index in [1.54, 1.807) is 6.92 Å². The third kappa shape index (κ3) is 3.25. The number of aliphatic hydroxyl groups excluding tert-OH is 1. The number of aromatic nitrogens is 2. The van der Waals surface area contributed by atoms with Gasteiger partial charge in [0.05, 0.1) is 12.7 Å². The first kappa shape index (κ1) is 9.73. The molecule has 0 amide bonds. The maximum Gasteiger partial charge on any atom is 0.419 e. The van der Waals surface area contributed by atoms with Crippen molar-refractivity contribution in [1.29, 1.82) is 0 Å². The van der Waals surface area contributed by atoms with Crippen molar-refractivity contribution in [3.05, 3.63) is 18.7 Å². The topological polar surface area (TPSA) is 64.3 Å². The summed E-state index contributed by atoms with van der Waals surface area (Å²) in [4.78, 5) is 14.8. The zero-order valence-corrected chi connectivity index (χ0v) is 7.38. The van der Waals surface area contributed by atoms with E-state index in [2.05, 4.69) is 4.98 Å². The van der Waals surface area contributed by atoms with Gasteiger partial charge in [-0.1, -0.05) is 0 Å². The molecule has 0 radical (unpaired) electrons. The number of hydrogen-bond acceptors (Lipinski definition) is 4. The minimum absolute atomic E-state index is 0.217. The highest BCUT2D eigenvalue weighted by atomic mass is 16.5. The summed E-state index contributed by atoms with van der Waals surface area (Å²) in [6.45, 7) is 1.86. The molecule has 0 aromatic carbocycles. The lowest BCUT2D eigenvalue weighted by atomic mass is 10.3. The third-order valence-corrected chi connectivity index (χ3v) is 1.48. The molecule has 1 heterocycles. The highest BCUT2D eigenvalue weighted by molar-refractivity contribution is 5.69. The minimum atomic E-state index is -0.474. The second-order valence-electron chi connectivity index (χ2n) is 2.72. The van der Waals surface area contributed by atoms with Gasteiger partial charge in [0.1, 0.15) is 6.33 Å². The summed E-state index contributed by atoms with van der Waals surface area (Å²) in [7, 11) is 0. The van der Waals surface area contributed by atoms with Gasteiger partial charge in [-0.2, -0.15) is 0 Å². The lowest BCUT2D eigenvalue weighted by Gasteiger charge is -2.05. The molecule has 5 nitrogen and oxygen atoms in total. The lowest BCUT2D eigenvalue weighted by molar-refractivity contribution is 0.114. The molecule has 5 heteroatoms. The average molecular weight is 184 g/mol. The number of aliphatic hydroxyl groups is 1. The Morgan fingerprint density at radius 3 is 3.08 bits per heavy atom. The van der Waals surface area contributed by atoms with E-state index in [9.17, 15) is 4.79 Å². The van der Waals surface area contributed by atoms with Crippen molar-refractivity contribution in [3.63, 3.8) is 0 Å². The number of rotatable bonds is 3. The van der Waals surface area contributed by atoms with Crippen molar-refractivity contribution >= 4 is 6.09 Å². The van der Waals surface area contributed by atoms with E-state index < -0.39 is 12.2 Å². The summed E-state index contributed by atoms with van der Waals surface area (Å²) in [5.74, 6) is 0. The first-order chi connectivity index (χ1) is 6.20. The number of carbonyl (C=O) groups is 1. The summed E-state index contributed by atoms with van der Waals surface area (Å²) in [6, 6.07) is 0. The SMILES string of the molecule is CC(O)CCOC(=O)n1ccnc1. The maximum atomic E-state index is 11.1. The number of nitrogens with zero attached hydrogens (tertiary/aromatic N) is 2. The van der Waals surface area contributed by atoms with Gasteiger partial charge >= 0.3 is 6.09 Å². The lowest BCUT2D eigenvalue weighted by Crippen LogP contribution is -2.15. The van der Waals surface area contributed by atoms with E-state index >= 15 is 0 Å². The van der Waals surface area contributed by atoms with Crippen LogP contribution in [0.15, 0.2) is 18.7 Å². The minimum Gasteiger partial charge on any atom is -0.449 e. The average Bonchev–Trinajstić information content (AvgIpc) is 2.55. The molecule has 1 N–H and O–H groups in total. The molecule has 1 aromatic rings. The van der Waals surface area contributed by atoms with Gasteiger partial charge < -0.3 is 9.84 Å². The molecule has 1 aromatic heterocycles. The number of carbonyl (C=O) groups excluding carboxylic acids is 1. The van der Waals surface area contributed by atoms with Crippen molar-refractivity contribution in [2.24, 2.45) is 0 Å². The Labute approximate surface area is 76.0 Å². The zero-order chi connectivity index (χ0) is 9.68. The molecule has 0 aliphatic rings. The van der Waals surface area contributed by atoms with E-state index in [-0.39, 0.29) is 6.61 Å². The fraction of sp³-hybridized carbons (Fsp3) is 0.500. The molecule has 1 rings (SSSR count). The standard InChI is InChI=1S/C8H12N2O3/c1-7(11)2-5-13-8(12)10-4-3-9-6-10/h3-4,6-7,11H,2,5H2,1H3. The Morgan fingerprint density at radius 2 is 2.54 bits per heavy atom. The molecule has 0 aliphatic carbocycles. The van der Waals surface area contributed by atoms with Gasteiger partial charge in [0.2, 0.25) is 0 Å². The summed E-state index contributed by atoms with van der Waals surface area (Å²) in [6.07, 6.45) is 3.89. The van der Waals surface area contributed by atoms with Crippen LogP contribution in [0.4, 0.5) is 4.79 Å². The first-order valence-electron chi connectivity index (χ1n) is 4.03. The van der Waals surface area contributed by atoms with Crippen LogP contribution in [0.25, 0.3) is 0 Å². The van der Waals surface area contributed by atoms with E-state index in [0.29, 0.717) is 6.42 Å². The van der Waals surface area contributed by atoms with Gasteiger partial charge in [-0.15, -0.1) is 0 Å². The second-order valence-corrected chi connectivity index (χ2v) is 2.72. The molecule has 0 fully saturated rings. The van der Waals surface area contributed by atoms with Crippen molar-refractivity contribution in [1.82, 2.24) is 9.55 Å². The summed E-state index contributed by atoms with van der Waals surface area (Å²) in [5, 5.41) is 8.89. The van der Waals surface area contributed by atoms with Gasteiger partial charge in [0.15, 0.2) is 0 Å². The van der Waals surface area contributed by atoms with Gasteiger partial charge in [0.25, 0.3) is 0 Å². The van der Waals surface area contributed by atoms with Crippen LogP contribution in [-0.4, -0.2) is 33.5 Å². The molecule has 0 spiro atoms. The molecule has 0 saturated carbocycles. The van der Waals surface area contributed by atoms with E-state index in [1.807, 2.05) is 0 Å². The van der Waals surface area contributed by atoms with E-state index in [1.165, 1.54) is 23.3 Å². The van der Waals surface area contributed by atoms with Gasteiger partial charge in [-0.05, 0) is 6.92 Å². The van der Waals surface area contributed by atoms with Gasteiger partial charge in [-0.3, -0.25) is 0 Å². The zero-order valence-electron chi connectivity index (χ0n) is 7.38. The summed E-state index contributed by atoms with van der Waals surface area (Å²) >= 11 is 0. The van der Waals surface area contributed by atoms with Crippen molar-refractivity contribution < 1.29 is 14.6 Å². The molecule has 72 valence electrons. The number of ether oxygens (including phenoxy) is 1. The van der Waals surface area contributed by atoms with Crippen molar-refractivity contribution in [3.8, 4) is 0 Å². The van der Waals surface area contributed by atoms with Gasteiger partial charge in [-0.25, -0.2) is 14.3 Å². The normalized spacial score (nSPS) is 12.5. The van der Waals surface area contributed by atoms with Crippen LogP contribution in [0.5, 0.6) is 0 Å². The summed E-state index contributed by atoms with van der Waals surface area (Å²) < 4.78 is 6.06. The Kier molecular flexibility index (Phi) is 3.45. The predicted octanol–water partition coefficient (Wildman–Crippen LogP) is 0.639. The smallest absolute Gasteiger partial charge is 0.419 e. The highest BCUT2D eigenvalue weighted by Crippen LogP contribution is 1.94. The predicted molar refractivity (Wildman–Crippen MR) is 45.3 cm³/mol. The molecule has 1 atom stereocenters. The van der Waals surface area contributed by atoms with Crippen LogP contribution in [0, 0.1) is 0 Å². The quantitative estimate of drug-likeness (QED) is 0.748. The number of hydrogen-bond donors (Lipinski definition) is 1. The molecular formula is C8H12N2O3. The highest BCUT2D eigenvalue weighted by Gasteiger charge is 2.04. The monoisotopic (exact) mass is 184 g/mol. The van der Waals surface area contributed by atoms with Crippen molar-refractivity contribution in [2.75, 3.05) is 6.61 Å². The Morgan fingerprint density at radius 1 is 1.77 bits per heavy atom. The van der Waals surface area contributed by atoms with Crippen LogP contribution in [0.3, 0.4) is 0 Å². The molecule has 0 saturated heterocycles. The van der Waals surface area contributed by atoms with E-state index in [4.69, 9.17) is 9.84 Å². The third-order valence-electron chi connectivity index (χ3n) is 1.48. The Balaban J connectivity index is 2.27. The molecule has 1 unspecified atom stereocenters. The van der Waals surface area contributed by atoms with Crippen LogP contribution >= 0.6 is 0 Å². The fourth-order valence-corrected chi connectivity index (χ4v) is 0.758. The Hall–Kier alpha value is -1.36. The molecule has 0 aliphatic heterocycles. The fourth-order valence-electron chi connectivity index (χ4n) is 0.758. The number of imidazole rings is 1. The molecular weight excluding hydrogens is 172 g/mol. The van der Waals surface area contributed by atoms with E-state index in [0.717, 1.165) is 0 Å². The van der Waals surface area contributed by atoms with Crippen LogP contribution in [0.1, 0.15) is 13.3 Å². The summed E-state index contributed by atoms with van der Waals surface area (Å²) in [5.41, 5.74) is 0. The van der Waals surface area contributed by atoms with Gasteiger partial charge in [0, 0.05) is 18.8 Å². The van der Waals surface area contributed by atoms with Crippen LogP contribution in [0.2, 0.25) is 0 Å². The van der Waals surface area contributed by atoms with Crippen molar-refractivity contribution in [2.45, 2.75) is 19.4 Å².